The number of nitrogens with one attached hydrogen (secondary N) is 2. The van der Waals surface area contributed by atoms with Crippen molar-refractivity contribution in [3.05, 3.63) is 47.6 Å². The fraction of sp³-hybridized carbons (Fsp3) is 0.500. The van der Waals surface area contributed by atoms with Gasteiger partial charge in [0.05, 0.1) is 59.8 Å². The van der Waals surface area contributed by atoms with Gasteiger partial charge in [0.2, 0.25) is 15.9 Å². The Hall–Kier alpha value is -3.20. The lowest BCUT2D eigenvalue weighted by Crippen LogP contribution is -2.55. The predicted octanol–water partition coefficient (Wildman–Crippen LogP) is 2.88. The highest BCUT2D eigenvalue weighted by Crippen LogP contribution is 2.31. The summed E-state index contributed by atoms with van der Waals surface area (Å²) in [5, 5.41) is 2.99. The van der Waals surface area contributed by atoms with Crippen molar-refractivity contribution in [1.29, 1.82) is 0 Å². The summed E-state index contributed by atoms with van der Waals surface area (Å²) in [5.74, 6) is 0.0304. The first-order valence-electron chi connectivity index (χ1n) is 13.2. The standard InChI is InChI=1S/C26H33N7O5S2/c1-4-38-23-14-27-12-20(30-23)22-13-29-25(39-22)24(34)31-21(15-33-9-10-37-16-26(33,2)3)19-11-17(7-8-28-19)32-40(35,36)18-5-6-18/h7-8,11-14,18,21H,4-6,9-10,15-16H2,1-3H3,(H,28,32)(H,31,34)/t21-/m1/s1. The number of amides is 1. The fourth-order valence-electron chi connectivity index (χ4n) is 4.39. The van der Waals surface area contributed by atoms with Crippen molar-refractivity contribution in [3.63, 3.8) is 0 Å². The van der Waals surface area contributed by atoms with E-state index in [0.29, 0.717) is 73.6 Å². The summed E-state index contributed by atoms with van der Waals surface area (Å²) in [6, 6.07) is 2.76. The van der Waals surface area contributed by atoms with E-state index in [2.05, 4.69) is 48.7 Å². The third-order valence-electron chi connectivity index (χ3n) is 6.74. The summed E-state index contributed by atoms with van der Waals surface area (Å²) in [7, 11) is -3.45. The van der Waals surface area contributed by atoms with E-state index in [-0.39, 0.29) is 21.7 Å². The maximum absolute atomic E-state index is 13.5. The number of pyridine rings is 1. The van der Waals surface area contributed by atoms with Crippen LogP contribution in [0.3, 0.4) is 0 Å². The second-order valence-corrected chi connectivity index (χ2v) is 13.3. The van der Waals surface area contributed by atoms with Crippen molar-refractivity contribution in [2.75, 3.05) is 37.6 Å². The van der Waals surface area contributed by atoms with E-state index in [1.165, 1.54) is 17.5 Å². The second kappa shape index (κ2) is 11.7. The number of thiazole rings is 1. The molecule has 1 atom stereocenters. The van der Waals surface area contributed by atoms with Crippen molar-refractivity contribution < 1.29 is 22.7 Å². The molecule has 4 heterocycles. The van der Waals surface area contributed by atoms with Crippen LogP contribution in [0.5, 0.6) is 5.88 Å². The van der Waals surface area contributed by atoms with Gasteiger partial charge in [-0.25, -0.2) is 18.4 Å². The summed E-state index contributed by atoms with van der Waals surface area (Å²) >= 11 is 1.20. The van der Waals surface area contributed by atoms with Gasteiger partial charge < -0.3 is 14.8 Å². The van der Waals surface area contributed by atoms with Crippen LogP contribution in [0.1, 0.15) is 55.2 Å². The highest BCUT2D eigenvalue weighted by molar-refractivity contribution is 7.93. The summed E-state index contributed by atoms with van der Waals surface area (Å²) in [6.07, 6.45) is 7.59. The Balaban J connectivity index is 1.38. The van der Waals surface area contributed by atoms with Gasteiger partial charge in [-0.2, -0.15) is 0 Å². The molecule has 3 aromatic rings. The van der Waals surface area contributed by atoms with Gasteiger partial charge in [0.15, 0.2) is 5.01 Å². The molecule has 1 saturated carbocycles. The van der Waals surface area contributed by atoms with Crippen molar-refractivity contribution in [2.24, 2.45) is 0 Å². The Morgan fingerprint density at radius 3 is 2.85 bits per heavy atom. The second-order valence-electron chi connectivity index (χ2n) is 10.4. The number of sulfonamides is 1. The first-order chi connectivity index (χ1) is 19.1. The smallest absolute Gasteiger partial charge is 0.280 e. The average molecular weight is 588 g/mol. The Labute approximate surface area is 237 Å². The molecule has 2 fully saturated rings. The molecule has 40 heavy (non-hydrogen) atoms. The van der Waals surface area contributed by atoms with Crippen LogP contribution in [0.25, 0.3) is 10.6 Å². The third kappa shape index (κ3) is 6.74. The number of nitrogens with zero attached hydrogens (tertiary/aromatic N) is 5. The molecule has 1 saturated heterocycles. The molecule has 0 radical (unpaired) electrons. The van der Waals surface area contributed by atoms with E-state index in [4.69, 9.17) is 9.47 Å². The van der Waals surface area contributed by atoms with E-state index in [0.717, 1.165) is 0 Å². The molecule has 214 valence electrons. The van der Waals surface area contributed by atoms with Gasteiger partial charge >= 0.3 is 0 Å². The highest BCUT2D eigenvalue weighted by Gasteiger charge is 2.36. The molecule has 0 spiro atoms. The molecule has 14 heteroatoms. The number of rotatable bonds is 11. The molecule has 2 N–H and O–H groups in total. The van der Waals surface area contributed by atoms with Crippen LogP contribution in [0.4, 0.5) is 5.69 Å². The van der Waals surface area contributed by atoms with Gasteiger partial charge in [-0.05, 0) is 45.7 Å². The minimum atomic E-state index is -3.45. The Kier molecular flexibility index (Phi) is 8.31. The highest BCUT2D eigenvalue weighted by atomic mass is 32.2. The molecule has 12 nitrogen and oxygen atoms in total. The van der Waals surface area contributed by atoms with Crippen LogP contribution in [0.2, 0.25) is 0 Å². The molecular weight excluding hydrogens is 554 g/mol. The molecule has 1 aliphatic carbocycles. The first-order valence-corrected chi connectivity index (χ1v) is 15.5. The Bertz CT molecular complexity index is 1460. The maximum Gasteiger partial charge on any atom is 0.280 e. The van der Waals surface area contributed by atoms with Crippen LogP contribution < -0.4 is 14.8 Å². The number of hydrogen-bond acceptors (Lipinski definition) is 11. The quantitative estimate of drug-likeness (QED) is 0.343. The van der Waals surface area contributed by atoms with Gasteiger partial charge in [-0.1, -0.05) is 0 Å². The van der Waals surface area contributed by atoms with Crippen molar-refractivity contribution in [3.8, 4) is 16.5 Å². The van der Waals surface area contributed by atoms with E-state index >= 15 is 0 Å². The molecule has 0 unspecified atom stereocenters. The fourth-order valence-corrected chi connectivity index (χ4v) is 6.55. The van der Waals surface area contributed by atoms with Crippen LogP contribution in [0, 0.1) is 0 Å². The average Bonchev–Trinajstić information content (AvgIpc) is 3.67. The summed E-state index contributed by atoms with van der Waals surface area (Å²) in [6.45, 7) is 8.78. The third-order valence-corrected chi connectivity index (χ3v) is 9.63. The molecule has 5 rings (SSSR count). The van der Waals surface area contributed by atoms with E-state index in [1.807, 2.05) is 6.92 Å². The molecule has 0 bridgehead atoms. The van der Waals surface area contributed by atoms with Crippen LogP contribution in [-0.2, 0) is 14.8 Å². The first kappa shape index (κ1) is 28.3. The molecule has 3 aromatic heterocycles. The van der Waals surface area contributed by atoms with Crippen molar-refractivity contribution in [1.82, 2.24) is 30.2 Å². The Morgan fingerprint density at radius 1 is 1.27 bits per heavy atom. The topological polar surface area (TPSA) is 149 Å². The molecular formula is C26H33N7O5S2. The number of aromatic nitrogens is 4. The number of morpholine rings is 1. The minimum Gasteiger partial charge on any atom is -0.477 e. The van der Waals surface area contributed by atoms with Gasteiger partial charge in [0, 0.05) is 31.0 Å². The van der Waals surface area contributed by atoms with Gasteiger partial charge in [0.1, 0.15) is 5.69 Å². The van der Waals surface area contributed by atoms with Gasteiger partial charge in [0.25, 0.3) is 5.91 Å². The normalized spacial score (nSPS) is 18.2. The Morgan fingerprint density at radius 2 is 2.10 bits per heavy atom. The number of anilines is 1. The van der Waals surface area contributed by atoms with Crippen LogP contribution >= 0.6 is 11.3 Å². The monoisotopic (exact) mass is 587 g/mol. The zero-order valence-electron chi connectivity index (χ0n) is 22.7. The van der Waals surface area contributed by atoms with E-state index in [9.17, 15) is 13.2 Å². The van der Waals surface area contributed by atoms with E-state index in [1.54, 1.807) is 30.7 Å². The lowest BCUT2D eigenvalue weighted by Gasteiger charge is -2.43. The van der Waals surface area contributed by atoms with E-state index < -0.39 is 16.1 Å². The van der Waals surface area contributed by atoms with Crippen LogP contribution in [0.15, 0.2) is 36.9 Å². The van der Waals surface area contributed by atoms with Crippen molar-refractivity contribution >= 4 is 33.0 Å². The molecule has 0 aromatic carbocycles. The number of ether oxygens (including phenoxy) is 2. The summed E-state index contributed by atoms with van der Waals surface area (Å²) in [4.78, 5) is 33.8. The summed E-state index contributed by atoms with van der Waals surface area (Å²) < 4.78 is 38.9. The zero-order valence-corrected chi connectivity index (χ0v) is 24.3. The molecule has 1 aliphatic heterocycles. The number of carbonyl (C=O) groups is 1. The number of carbonyl (C=O) groups excluding carboxylic acids is 1. The summed E-state index contributed by atoms with van der Waals surface area (Å²) in [5.41, 5.74) is 1.26. The van der Waals surface area contributed by atoms with Crippen molar-refractivity contribution in [2.45, 2.75) is 50.4 Å². The number of hydrogen-bond donors (Lipinski definition) is 2. The maximum atomic E-state index is 13.5. The SMILES string of the molecule is CCOc1cncc(-c2cnc(C(=O)N[C@H](CN3CCOCC3(C)C)c3cc(NS(=O)(=O)C4CC4)ccn3)s2)n1. The molecule has 2 aliphatic rings. The molecule has 1 amide bonds. The zero-order chi connectivity index (χ0) is 28.3. The minimum absolute atomic E-state index is 0.259. The lowest BCUT2D eigenvalue weighted by atomic mass is 10.0. The van der Waals surface area contributed by atoms with Crippen LogP contribution in [-0.4, -0.2) is 82.9 Å². The predicted molar refractivity (Wildman–Crippen MR) is 151 cm³/mol. The largest absolute Gasteiger partial charge is 0.477 e. The van der Waals surface area contributed by atoms with Gasteiger partial charge in [-0.15, -0.1) is 11.3 Å². The lowest BCUT2D eigenvalue weighted by molar-refractivity contribution is -0.0544. The van der Waals surface area contributed by atoms with Gasteiger partial charge in [-0.3, -0.25) is 24.4 Å².